The Bertz CT molecular complexity index is 859. The maximum Gasteiger partial charge on any atom is 1.00 e. The van der Waals surface area contributed by atoms with Crippen molar-refractivity contribution in [3.63, 3.8) is 0 Å². The molecule has 1 aromatic rings. The van der Waals surface area contributed by atoms with Gasteiger partial charge in [-0.15, -0.1) is 23.1 Å². The first-order valence-electron chi connectivity index (χ1n) is 7.50. The Morgan fingerprint density at radius 3 is 2.86 bits per heavy atom. The minimum absolute atomic E-state index is 0. The van der Waals surface area contributed by atoms with Gasteiger partial charge in [0.25, 0.3) is 11.8 Å². The Kier molecular flexibility index (Phi) is 7.47. The fraction of sp³-hybridized carbons (Fsp3) is 0.357. The number of rotatable bonds is 6. The van der Waals surface area contributed by atoms with Crippen LogP contribution in [0.3, 0.4) is 0 Å². The summed E-state index contributed by atoms with van der Waals surface area (Å²) in [4.78, 5) is 47.4. The summed E-state index contributed by atoms with van der Waals surface area (Å²) in [5.41, 5.74) is 5.45. The summed E-state index contributed by atoms with van der Waals surface area (Å²) < 4.78 is 0. The number of hydrogen-bond donors (Lipinski definition) is 2. The van der Waals surface area contributed by atoms with E-state index in [1.165, 1.54) is 24.3 Å². The van der Waals surface area contributed by atoms with Crippen molar-refractivity contribution in [2.24, 2.45) is 5.16 Å². The number of nitrogens with zero attached hydrogens (tertiary/aromatic N) is 4. The number of anilines is 2. The van der Waals surface area contributed by atoms with Crippen molar-refractivity contribution in [3.05, 3.63) is 16.7 Å². The summed E-state index contributed by atoms with van der Waals surface area (Å²) in [7, 11) is 1.26. The van der Waals surface area contributed by atoms with Gasteiger partial charge in [-0.1, -0.05) is 5.16 Å². The van der Waals surface area contributed by atoms with E-state index in [0.717, 1.165) is 27.4 Å². The zero-order chi connectivity index (χ0) is 19.7. The fourth-order valence-corrected chi connectivity index (χ4v) is 4.74. The molecule has 2 aliphatic rings. The summed E-state index contributed by atoms with van der Waals surface area (Å²) in [5, 5.41) is 25.2. The van der Waals surface area contributed by atoms with Crippen molar-refractivity contribution in [1.29, 1.82) is 0 Å². The summed E-state index contributed by atoms with van der Waals surface area (Å²) in [6, 6.07) is -1.01. The number of aliphatic carboxylic acids is 1. The average Bonchev–Trinajstić information content (AvgIpc) is 3.08. The molecule has 14 heteroatoms. The van der Waals surface area contributed by atoms with Crippen LogP contribution in [0.1, 0.15) is 0 Å². The van der Waals surface area contributed by atoms with Crippen LogP contribution >= 0.6 is 23.1 Å². The van der Waals surface area contributed by atoms with Crippen molar-refractivity contribution in [3.8, 4) is 0 Å². The minimum atomic E-state index is -1.56. The van der Waals surface area contributed by atoms with Crippen LogP contribution in [0.15, 0.2) is 21.8 Å². The predicted octanol–water partition coefficient (Wildman–Crippen LogP) is -5.03. The van der Waals surface area contributed by atoms with Crippen molar-refractivity contribution in [2.75, 3.05) is 30.1 Å². The van der Waals surface area contributed by atoms with Gasteiger partial charge in [0.05, 0.1) is 18.3 Å². The summed E-state index contributed by atoms with van der Waals surface area (Å²) in [6.07, 6.45) is 0.883. The minimum Gasteiger partial charge on any atom is -0.543 e. The van der Waals surface area contributed by atoms with E-state index in [1.807, 2.05) is 0 Å². The number of thioether (sulfide) groups is 1. The molecule has 1 saturated heterocycles. The van der Waals surface area contributed by atoms with E-state index in [2.05, 4.69) is 15.0 Å². The molecule has 11 nitrogen and oxygen atoms in total. The van der Waals surface area contributed by atoms with E-state index < -0.39 is 35.8 Å². The Balaban J connectivity index is 0.00000280. The number of oxime groups is 1. The number of carbonyl (C=O) groups is 3. The zero-order valence-corrected chi connectivity index (χ0v) is 18.5. The van der Waals surface area contributed by atoms with Crippen LogP contribution in [0.25, 0.3) is 0 Å². The first-order valence-corrected chi connectivity index (χ1v) is 9.43. The molecule has 0 saturated carbocycles. The normalized spacial score (nSPS) is 21.1. The number of nitrogen functional groups attached to an aromatic ring is 1. The van der Waals surface area contributed by atoms with Gasteiger partial charge in [-0.25, -0.2) is 4.98 Å². The first kappa shape index (κ1) is 22.6. The van der Waals surface area contributed by atoms with Crippen molar-refractivity contribution in [2.45, 2.75) is 11.4 Å². The summed E-state index contributed by atoms with van der Waals surface area (Å²) in [6.45, 7) is -0.511. The predicted molar refractivity (Wildman–Crippen MR) is 95.5 cm³/mol. The van der Waals surface area contributed by atoms with Gasteiger partial charge in [0.1, 0.15) is 30.6 Å². The van der Waals surface area contributed by atoms with Gasteiger partial charge in [-0.2, -0.15) is 0 Å². The molecule has 0 aliphatic carbocycles. The Labute approximate surface area is 189 Å². The summed E-state index contributed by atoms with van der Waals surface area (Å²) in [5.74, 6) is -2.54. The van der Waals surface area contributed by atoms with E-state index in [1.54, 1.807) is 0 Å². The molecule has 1 aromatic heterocycles. The maximum atomic E-state index is 12.8. The molecule has 0 radical (unpaired) electrons. The molecular weight excluding hydrogens is 421 g/mol. The Hall–Kier alpha value is -1.64. The second-order valence-electron chi connectivity index (χ2n) is 5.42. The number of hydrogen-bond acceptors (Lipinski definition) is 11. The molecule has 144 valence electrons. The molecule has 2 atom stereocenters. The monoisotopic (exact) mass is 435 g/mol. The SMILES string of the molecule is CON=CC(=O)N(c1csc(N)n1)C1C(=O)N2C(C(=O)[O-])=C(CO)CSC12.[Na+]. The standard InChI is InChI=1S/C14H15N5O6S2.Na/c1-25-16-2-8(21)18(7-5-27-14(15)17-7)10-11(22)19-9(13(23)24)6(3-20)4-26-12(10)19;/h2,5,10,12,20H,3-4H2,1H3,(H2,15,17)(H,23,24);/q;+1/p-1. The number of aliphatic hydroxyl groups excluding tert-OH is 1. The molecule has 0 aromatic carbocycles. The van der Waals surface area contributed by atoms with Gasteiger partial charge in [-0.05, 0) is 5.57 Å². The van der Waals surface area contributed by atoms with Gasteiger partial charge in [-0.3, -0.25) is 19.4 Å². The number of thiazole rings is 1. The number of nitrogens with two attached hydrogens (primary N) is 1. The second-order valence-corrected chi connectivity index (χ2v) is 7.42. The number of carboxylic acid groups (broad SMARTS) is 1. The van der Waals surface area contributed by atoms with Crippen LogP contribution in [-0.4, -0.2) is 69.9 Å². The second kappa shape index (κ2) is 9.24. The Morgan fingerprint density at radius 2 is 2.32 bits per heavy atom. The van der Waals surface area contributed by atoms with Gasteiger partial charge in [0.2, 0.25) is 0 Å². The topological polar surface area (TPSA) is 161 Å². The van der Waals surface area contributed by atoms with Crippen molar-refractivity contribution >= 4 is 58.0 Å². The molecule has 1 fully saturated rings. The van der Waals surface area contributed by atoms with Crippen LogP contribution in [0.2, 0.25) is 0 Å². The molecule has 2 unspecified atom stereocenters. The van der Waals surface area contributed by atoms with E-state index in [-0.39, 0.29) is 57.5 Å². The number of aliphatic hydroxyl groups is 1. The Morgan fingerprint density at radius 1 is 1.61 bits per heavy atom. The van der Waals surface area contributed by atoms with E-state index in [0.29, 0.717) is 0 Å². The van der Waals surface area contributed by atoms with Gasteiger partial charge >= 0.3 is 29.6 Å². The number of fused-ring (bicyclic) bond motifs is 1. The van der Waals surface area contributed by atoms with Crippen LogP contribution in [0.5, 0.6) is 0 Å². The van der Waals surface area contributed by atoms with Crippen molar-refractivity contribution < 1.29 is 59.0 Å². The van der Waals surface area contributed by atoms with Crippen LogP contribution in [0.4, 0.5) is 10.9 Å². The van der Waals surface area contributed by atoms with E-state index >= 15 is 0 Å². The molecule has 2 aliphatic heterocycles. The largest absolute Gasteiger partial charge is 1.00 e. The van der Waals surface area contributed by atoms with Gasteiger partial charge in [0.15, 0.2) is 5.13 Å². The summed E-state index contributed by atoms with van der Waals surface area (Å²) >= 11 is 2.31. The zero-order valence-electron chi connectivity index (χ0n) is 14.9. The van der Waals surface area contributed by atoms with Gasteiger partial charge in [0, 0.05) is 11.1 Å². The fourth-order valence-electron chi connectivity index (χ4n) is 2.82. The number of carbonyl (C=O) groups excluding carboxylic acids is 3. The van der Waals surface area contributed by atoms with Crippen molar-refractivity contribution in [1.82, 2.24) is 9.88 Å². The molecule has 3 N–H and O–H groups in total. The maximum absolute atomic E-state index is 12.8. The smallest absolute Gasteiger partial charge is 0.543 e. The third-order valence-electron chi connectivity index (χ3n) is 3.94. The quantitative estimate of drug-likeness (QED) is 0.193. The van der Waals surface area contributed by atoms with Crippen LogP contribution in [0, 0.1) is 0 Å². The molecule has 28 heavy (non-hydrogen) atoms. The van der Waals surface area contributed by atoms with Crippen LogP contribution in [-0.2, 0) is 19.2 Å². The third kappa shape index (κ3) is 3.90. The van der Waals surface area contributed by atoms with E-state index in [9.17, 15) is 24.6 Å². The van der Waals surface area contributed by atoms with Gasteiger partial charge < -0.3 is 25.6 Å². The average molecular weight is 435 g/mol. The molecule has 0 spiro atoms. The molecule has 3 rings (SSSR count). The number of β-lactam (4-membered cyclic amide) rings is 1. The molecule has 3 heterocycles. The molecule has 0 bridgehead atoms. The first-order chi connectivity index (χ1) is 12.9. The molecular formula is C14H14N5NaO6S2. The molecule has 2 amide bonds. The number of amides is 2. The third-order valence-corrected chi connectivity index (χ3v) is 5.93. The van der Waals surface area contributed by atoms with Crippen LogP contribution < -0.4 is 45.3 Å². The number of aromatic nitrogens is 1. The number of carboxylic acids is 1. The van der Waals surface area contributed by atoms with E-state index in [4.69, 9.17) is 5.73 Å².